The summed E-state index contributed by atoms with van der Waals surface area (Å²) in [5, 5.41) is 10.0. The molecular weight excluding hydrogens is 250 g/mol. The molecule has 0 fully saturated rings. The predicted molar refractivity (Wildman–Crippen MR) is 81.0 cm³/mol. The first-order chi connectivity index (χ1) is 9.74. The van der Waals surface area contributed by atoms with Crippen LogP contribution in [0.4, 0.5) is 5.82 Å². The van der Waals surface area contributed by atoms with Gasteiger partial charge in [-0.05, 0) is 34.5 Å². The SMILES string of the molecule is COc1ccc2cc(CNc3ccn(C)n3)ccc2c1. The van der Waals surface area contributed by atoms with Crippen LogP contribution in [-0.2, 0) is 13.6 Å². The quantitative estimate of drug-likeness (QED) is 0.789. The van der Waals surface area contributed by atoms with E-state index in [0.717, 1.165) is 18.1 Å². The van der Waals surface area contributed by atoms with Crippen molar-refractivity contribution in [3.05, 3.63) is 54.2 Å². The standard InChI is InChI=1S/C16H17N3O/c1-19-8-7-16(18-19)17-11-12-3-4-14-10-15(20-2)6-5-13(14)9-12/h3-10H,11H2,1-2H3,(H,17,18). The molecule has 0 aliphatic heterocycles. The van der Waals surface area contributed by atoms with Crippen molar-refractivity contribution in [3.8, 4) is 5.75 Å². The van der Waals surface area contributed by atoms with Crippen molar-refractivity contribution in [2.75, 3.05) is 12.4 Å². The molecule has 4 nitrogen and oxygen atoms in total. The Labute approximate surface area is 118 Å². The number of aromatic nitrogens is 2. The molecule has 1 N–H and O–H groups in total. The van der Waals surface area contributed by atoms with Gasteiger partial charge in [0.1, 0.15) is 11.6 Å². The Morgan fingerprint density at radius 1 is 1.10 bits per heavy atom. The van der Waals surface area contributed by atoms with Gasteiger partial charge in [0.2, 0.25) is 0 Å². The van der Waals surface area contributed by atoms with E-state index < -0.39 is 0 Å². The molecule has 1 heterocycles. The van der Waals surface area contributed by atoms with Crippen LogP contribution >= 0.6 is 0 Å². The highest BCUT2D eigenvalue weighted by Crippen LogP contribution is 2.22. The molecular formula is C16H17N3O. The second-order valence-corrected chi connectivity index (χ2v) is 4.78. The van der Waals surface area contributed by atoms with Gasteiger partial charge >= 0.3 is 0 Å². The van der Waals surface area contributed by atoms with Gasteiger partial charge in [-0.3, -0.25) is 4.68 Å². The van der Waals surface area contributed by atoms with E-state index in [0.29, 0.717) is 0 Å². The number of rotatable bonds is 4. The molecule has 0 atom stereocenters. The zero-order chi connectivity index (χ0) is 13.9. The van der Waals surface area contributed by atoms with Crippen LogP contribution in [0.25, 0.3) is 10.8 Å². The first kappa shape index (κ1) is 12.5. The molecule has 3 rings (SSSR count). The molecule has 0 unspecified atom stereocenters. The highest BCUT2D eigenvalue weighted by atomic mass is 16.5. The maximum atomic E-state index is 5.24. The first-order valence-corrected chi connectivity index (χ1v) is 6.55. The molecule has 0 aliphatic carbocycles. The predicted octanol–water partition coefficient (Wildman–Crippen LogP) is 3.19. The summed E-state index contributed by atoms with van der Waals surface area (Å²) in [6.07, 6.45) is 1.93. The fourth-order valence-corrected chi connectivity index (χ4v) is 2.21. The minimum absolute atomic E-state index is 0.763. The van der Waals surface area contributed by atoms with Crippen LogP contribution in [0.3, 0.4) is 0 Å². The van der Waals surface area contributed by atoms with Crippen molar-refractivity contribution in [3.63, 3.8) is 0 Å². The third-order valence-corrected chi connectivity index (χ3v) is 3.30. The number of benzene rings is 2. The second-order valence-electron chi connectivity index (χ2n) is 4.78. The van der Waals surface area contributed by atoms with Crippen molar-refractivity contribution >= 4 is 16.6 Å². The van der Waals surface area contributed by atoms with Gasteiger partial charge in [0.15, 0.2) is 0 Å². The lowest BCUT2D eigenvalue weighted by Gasteiger charge is -2.06. The number of hydrogen-bond acceptors (Lipinski definition) is 3. The molecule has 3 aromatic rings. The normalized spacial score (nSPS) is 10.7. The fourth-order valence-electron chi connectivity index (χ4n) is 2.21. The minimum Gasteiger partial charge on any atom is -0.497 e. The molecule has 20 heavy (non-hydrogen) atoms. The number of fused-ring (bicyclic) bond motifs is 1. The highest BCUT2D eigenvalue weighted by molar-refractivity contribution is 5.84. The second kappa shape index (κ2) is 5.25. The lowest BCUT2D eigenvalue weighted by molar-refractivity contribution is 0.415. The van der Waals surface area contributed by atoms with E-state index in [2.05, 4.69) is 34.7 Å². The third kappa shape index (κ3) is 2.59. The maximum Gasteiger partial charge on any atom is 0.148 e. The van der Waals surface area contributed by atoms with Crippen LogP contribution in [0.1, 0.15) is 5.56 Å². The Kier molecular flexibility index (Phi) is 3.29. The first-order valence-electron chi connectivity index (χ1n) is 6.55. The Balaban J connectivity index is 1.78. The van der Waals surface area contributed by atoms with E-state index in [4.69, 9.17) is 4.74 Å². The van der Waals surface area contributed by atoms with Gasteiger partial charge in [0.05, 0.1) is 7.11 Å². The molecule has 1 aromatic heterocycles. The van der Waals surface area contributed by atoms with Gasteiger partial charge in [0, 0.05) is 25.9 Å². The summed E-state index contributed by atoms with van der Waals surface area (Å²) in [7, 11) is 3.60. The molecule has 4 heteroatoms. The van der Waals surface area contributed by atoms with Gasteiger partial charge in [-0.15, -0.1) is 0 Å². The number of ether oxygens (including phenoxy) is 1. The molecule has 0 bridgehead atoms. The van der Waals surface area contributed by atoms with Crippen LogP contribution in [0.15, 0.2) is 48.7 Å². The summed E-state index contributed by atoms with van der Waals surface area (Å²) in [6, 6.07) is 14.5. The number of nitrogens with one attached hydrogen (secondary N) is 1. The zero-order valence-corrected chi connectivity index (χ0v) is 11.6. The third-order valence-electron chi connectivity index (χ3n) is 3.30. The van der Waals surface area contributed by atoms with Crippen LogP contribution in [0.5, 0.6) is 5.75 Å². The fraction of sp³-hybridized carbons (Fsp3) is 0.188. The van der Waals surface area contributed by atoms with E-state index >= 15 is 0 Å². The maximum absolute atomic E-state index is 5.24. The van der Waals surface area contributed by atoms with Crippen molar-refractivity contribution < 1.29 is 4.74 Å². The summed E-state index contributed by atoms with van der Waals surface area (Å²) in [5.41, 5.74) is 1.23. The molecule has 0 saturated carbocycles. The molecule has 0 saturated heterocycles. The Morgan fingerprint density at radius 2 is 1.90 bits per heavy atom. The average Bonchev–Trinajstić information content (AvgIpc) is 2.90. The molecule has 0 amide bonds. The molecule has 2 aromatic carbocycles. The number of anilines is 1. The summed E-state index contributed by atoms with van der Waals surface area (Å²) in [5.74, 6) is 1.78. The van der Waals surface area contributed by atoms with Gasteiger partial charge in [-0.1, -0.05) is 18.2 Å². The highest BCUT2D eigenvalue weighted by Gasteiger charge is 2.00. The van der Waals surface area contributed by atoms with Gasteiger partial charge in [0.25, 0.3) is 0 Å². The van der Waals surface area contributed by atoms with Crippen molar-refractivity contribution in [2.45, 2.75) is 6.54 Å². The van der Waals surface area contributed by atoms with E-state index in [9.17, 15) is 0 Å². The molecule has 102 valence electrons. The van der Waals surface area contributed by atoms with Crippen molar-refractivity contribution in [1.29, 1.82) is 0 Å². The monoisotopic (exact) mass is 267 g/mol. The number of nitrogens with zero attached hydrogens (tertiary/aromatic N) is 2. The van der Waals surface area contributed by atoms with Crippen molar-refractivity contribution in [1.82, 2.24) is 9.78 Å². The van der Waals surface area contributed by atoms with E-state index in [1.807, 2.05) is 31.4 Å². The van der Waals surface area contributed by atoms with Crippen LogP contribution < -0.4 is 10.1 Å². The summed E-state index contributed by atoms with van der Waals surface area (Å²) in [6.45, 7) is 0.763. The number of methoxy groups -OCH3 is 1. The Hall–Kier alpha value is -2.49. The van der Waals surface area contributed by atoms with Crippen LogP contribution in [-0.4, -0.2) is 16.9 Å². The lowest BCUT2D eigenvalue weighted by atomic mass is 10.1. The number of aryl methyl sites for hydroxylation is 1. The lowest BCUT2D eigenvalue weighted by Crippen LogP contribution is -2.00. The minimum atomic E-state index is 0.763. The molecule has 0 aliphatic rings. The largest absolute Gasteiger partial charge is 0.497 e. The average molecular weight is 267 g/mol. The smallest absolute Gasteiger partial charge is 0.148 e. The van der Waals surface area contributed by atoms with E-state index in [1.165, 1.54) is 16.3 Å². The summed E-state index contributed by atoms with van der Waals surface area (Å²) >= 11 is 0. The van der Waals surface area contributed by atoms with Gasteiger partial charge in [-0.25, -0.2) is 0 Å². The van der Waals surface area contributed by atoms with Gasteiger partial charge in [-0.2, -0.15) is 5.10 Å². The Bertz CT molecular complexity index is 733. The van der Waals surface area contributed by atoms with Crippen LogP contribution in [0, 0.1) is 0 Å². The number of hydrogen-bond donors (Lipinski definition) is 1. The molecule has 0 spiro atoms. The summed E-state index contributed by atoms with van der Waals surface area (Å²) < 4.78 is 7.02. The summed E-state index contributed by atoms with van der Waals surface area (Å²) in [4.78, 5) is 0. The topological polar surface area (TPSA) is 39.1 Å². The van der Waals surface area contributed by atoms with E-state index in [-0.39, 0.29) is 0 Å². The van der Waals surface area contributed by atoms with Crippen molar-refractivity contribution in [2.24, 2.45) is 7.05 Å². The Morgan fingerprint density at radius 3 is 2.65 bits per heavy atom. The zero-order valence-electron chi connectivity index (χ0n) is 11.6. The van der Waals surface area contributed by atoms with Gasteiger partial charge < -0.3 is 10.1 Å². The molecule has 0 radical (unpaired) electrons. The van der Waals surface area contributed by atoms with Crippen LogP contribution in [0.2, 0.25) is 0 Å². The van der Waals surface area contributed by atoms with E-state index in [1.54, 1.807) is 11.8 Å².